The van der Waals surface area contributed by atoms with Gasteiger partial charge in [0.1, 0.15) is 0 Å². The van der Waals surface area contributed by atoms with E-state index in [0.29, 0.717) is 0 Å². The normalized spacial score (nSPS) is 13.1. The Bertz CT molecular complexity index is 422. The lowest BCUT2D eigenvalue weighted by atomic mass is 10.0. The van der Waals surface area contributed by atoms with E-state index in [4.69, 9.17) is 1.37 Å². The van der Waals surface area contributed by atoms with E-state index in [2.05, 4.69) is 24.3 Å². The lowest BCUT2D eigenvalue weighted by Crippen LogP contribution is -1.88. The highest BCUT2D eigenvalue weighted by atomic mass is 14.0. The lowest BCUT2D eigenvalue weighted by Gasteiger charge is -2.02. The van der Waals surface area contributed by atoms with Crippen LogP contribution in [0.15, 0.2) is 60.7 Å². The standard InChI is InChI=1S/C16H18/c1-3-9-15(10-4-1)13-7-8-14-16-11-5-2-6-12-16/h1-6,9-12H,7-8,13-14H2/i13D/t13-/m1/s1. The van der Waals surface area contributed by atoms with Gasteiger partial charge in [-0.1, -0.05) is 60.7 Å². The van der Waals surface area contributed by atoms with Crippen molar-refractivity contribution in [2.24, 2.45) is 0 Å². The van der Waals surface area contributed by atoms with Crippen LogP contribution in [0.1, 0.15) is 25.3 Å². The maximum atomic E-state index is 8.08. The Morgan fingerprint density at radius 2 is 1.25 bits per heavy atom. The van der Waals surface area contributed by atoms with E-state index in [-0.39, 0.29) is 6.40 Å². The Kier molecular flexibility index (Phi) is 3.69. The summed E-state index contributed by atoms with van der Waals surface area (Å²) in [5.74, 6) is 0. The predicted octanol–water partition coefficient (Wildman–Crippen LogP) is 4.25. The Morgan fingerprint density at radius 3 is 1.88 bits per heavy atom. The summed E-state index contributed by atoms with van der Waals surface area (Å²) in [7, 11) is 0. The highest BCUT2D eigenvalue weighted by Crippen LogP contribution is 2.08. The smallest absolute Gasteiger partial charge is 0.0316 e. The molecule has 0 nitrogen and oxygen atoms in total. The van der Waals surface area contributed by atoms with Gasteiger partial charge in [-0.15, -0.1) is 0 Å². The summed E-state index contributed by atoms with van der Waals surface area (Å²) in [6.45, 7) is 0. The van der Waals surface area contributed by atoms with Crippen molar-refractivity contribution in [3.63, 3.8) is 0 Å². The largest absolute Gasteiger partial charge is 0.0622 e. The topological polar surface area (TPSA) is 0 Å². The zero-order chi connectivity index (χ0) is 11.9. The summed E-state index contributed by atoms with van der Waals surface area (Å²) >= 11 is 0. The Labute approximate surface area is 99.4 Å². The minimum Gasteiger partial charge on any atom is -0.0622 e. The molecule has 0 spiro atoms. The van der Waals surface area contributed by atoms with Crippen molar-refractivity contribution in [1.82, 2.24) is 0 Å². The fourth-order valence-electron chi connectivity index (χ4n) is 1.81. The van der Waals surface area contributed by atoms with Crippen LogP contribution in [0.5, 0.6) is 0 Å². The van der Waals surface area contributed by atoms with E-state index in [9.17, 15) is 0 Å². The Hall–Kier alpha value is -1.56. The first-order valence-corrected chi connectivity index (χ1v) is 5.87. The summed E-state index contributed by atoms with van der Waals surface area (Å²) in [6, 6.07) is 20.6. The molecule has 0 saturated carbocycles. The highest BCUT2D eigenvalue weighted by Gasteiger charge is 1.94. The Balaban J connectivity index is 1.79. The molecule has 0 saturated heterocycles. The second-order valence-corrected chi connectivity index (χ2v) is 3.99. The minimum atomic E-state index is -0.0834. The van der Waals surface area contributed by atoms with Gasteiger partial charge in [-0.2, -0.15) is 0 Å². The van der Waals surface area contributed by atoms with E-state index in [0.717, 1.165) is 24.8 Å². The second kappa shape index (κ2) is 6.12. The van der Waals surface area contributed by atoms with E-state index in [1.165, 1.54) is 5.56 Å². The summed E-state index contributed by atoms with van der Waals surface area (Å²) < 4.78 is 8.08. The third-order valence-corrected chi connectivity index (χ3v) is 2.69. The van der Waals surface area contributed by atoms with Gasteiger partial charge in [-0.25, -0.2) is 0 Å². The first kappa shape index (κ1) is 9.65. The number of hydrogen-bond acceptors (Lipinski definition) is 0. The molecule has 0 heteroatoms. The van der Waals surface area contributed by atoms with Crippen LogP contribution in [0.25, 0.3) is 0 Å². The van der Waals surface area contributed by atoms with E-state index >= 15 is 0 Å². The second-order valence-electron chi connectivity index (χ2n) is 3.99. The molecule has 2 rings (SSSR count). The fraction of sp³-hybridized carbons (Fsp3) is 0.250. The molecule has 2 aromatic rings. The van der Waals surface area contributed by atoms with E-state index < -0.39 is 0 Å². The third kappa shape index (κ3) is 3.54. The Morgan fingerprint density at radius 1 is 0.688 bits per heavy atom. The molecule has 0 heterocycles. The van der Waals surface area contributed by atoms with Gasteiger partial charge in [0.25, 0.3) is 0 Å². The van der Waals surface area contributed by atoms with Crippen LogP contribution >= 0.6 is 0 Å². The molecule has 0 aliphatic heterocycles. The summed E-state index contributed by atoms with van der Waals surface area (Å²) in [5, 5.41) is 0. The van der Waals surface area contributed by atoms with Crippen LogP contribution < -0.4 is 0 Å². The first-order chi connectivity index (χ1) is 8.36. The minimum absolute atomic E-state index is 0.0834. The predicted molar refractivity (Wildman–Crippen MR) is 69.5 cm³/mol. The van der Waals surface area contributed by atoms with Crippen molar-refractivity contribution in [3.05, 3.63) is 71.8 Å². The quantitative estimate of drug-likeness (QED) is 0.693. The van der Waals surface area contributed by atoms with Gasteiger partial charge in [0.05, 0.1) is 0 Å². The number of aryl methyl sites for hydroxylation is 2. The number of benzene rings is 2. The molecule has 0 radical (unpaired) electrons. The summed E-state index contributed by atoms with van der Waals surface area (Å²) in [4.78, 5) is 0. The SMILES string of the molecule is [2H][C@H](CCCc1ccccc1)c1ccccc1. The monoisotopic (exact) mass is 211 g/mol. The fourth-order valence-corrected chi connectivity index (χ4v) is 1.81. The van der Waals surface area contributed by atoms with Crippen molar-refractivity contribution in [3.8, 4) is 0 Å². The molecule has 0 aliphatic rings. The van der Waals surface area contributed by atoms with Crippen LogP contribution in [0.4, 0.5) is 0 Å². The maximum Gasteiger partial charge on any atom is 0.0316 e. The molecule has 0 aliphatic carbocycles. The van der Waals surface area contributed by atoms with Crippen molar-refractivity contribution in [2.45, 2.75) is 25.7 Å². The molecule has 16 heavy (non-hydrogen) atoms. The van der Waals surface area contributed by atoms with Gasteiger partial charge in [-0.3, -0.25) is 0 Å². The molecular weight excluding hydrogens is 192 g/mol. The van der Waals surface area contributed by atoms with Gasteiger partial charge in [0.2, 0.25) is 0 Å². The first-order valence-electron chi connectivity index (χ1n) is 6.45. The van der Waals surface area contributed by atoms with Crippen LogP contribution in [0, 0.1) is 0 Å². The molecule has 0 fully saturated rings. The molecule has 0 unspecified atom stereocenters. The molecule has 82 valence electrons. The van der Waals surface area contributed by atoms with E-state index in [1.54, 1.807) is 0 Å². The molecular formula is C16H18. The van der Waals surface area contributed by atoms with Crippen molar-refractivity contribution < 1.29 is 1.37 Å². The highest BCUT2D eigenvalue weighted by molar-refractivity contribution is 5.16. The molecule has 0 amide bonds. The van der Waals surface area contributed by atoms with Crippen LogP contribution in [0.3, 0.4) is 0 Å². The summed E-state index contributed by atoms with van der Waals surface area (Å²) in [6.07, 6.45) is 2.99. The van der Waals surface area contributed by atoms with Crippen LogP contribution in [-0.2, 0) is 12.8 Å². The molecule has 1 atom stereocenters. The average molecular weight is 211 g/mol. The molecule has 2 aromatic carbocycles. The van der Waals surface area contributed by atoms with Crippen molar-refractivity contribution in [2.75, 3.05) is 0 Å². The molecule has 0 bridgehead atoms. The lowest BCUT2D eigenvalue weighted by molar-refractivity contribution is 0.734. The third-order valence-electron chi connectivity index (χ3n) is 2.69. The van der Waals surface area contributed by atoms with Gasteiger partial charge in [-0.05, 0) is 36.8 Å². The van der Waals surface area contributed by atoms with Gasteiger partial charge in [0, 0.05) is 1.37 Å². The van der Waals surface area contributed by atoms with Gasteiger partial charge < -0.3 is 0 Å². The maximum absolute atomic E-state index is 8.08. The molecule has 0 N–H and O–H groups in total. The van der Waals surface area contributed by atoms with Crippen molar-refractivity contribution >= 4 is 0 Å². The zero-order valence-corrected chi connectivity index (χ0v) is 9.47. The number of hydrogen-bond donors (Lipinski definition) is 0. The molecule has 0 aromatic heterocycles. The average Bonchev–Trinajstić information content (AvgIpc) is 2.41. The zero-order valence-electron chi connectivity index (χ0n) is 10.5. The number of rotatable bonds is 5. The van der Waals surface area contributed by atoms with Crippen LogP contribution in [-0.4, -0.2) is 0 Å². The van der Waals surface area contributed by atoms with Crippen LogP contribution in [0.2, 0.25) is 0 Å². The van der Waals surface area contributed by atoms with Gasteiger partial charge >= 0.3 is 0 Å². The van der Waals surface area contributed by atoms with Crippen molar-refractivity contribution in [1.29, 1.82) is 0 Å². The summed E-state index contributed by atoms with van der Waals surface area (Å²) in [5.41, 5.74) is 2.49. The van der Waals surface area contributed by atoms with Gasteiger partial charge in [0.15, 0.2) is 0 Å². The van der Waals surface area contributed by atoms with E-state index in [1.807, 2.05) is 36.4 Å².